The number of hydrogen-bond donors (Lipinski definition) is 1. The van der Waals surface area contributed by atoms with Crippen LogP contribution in [0.5, 0.6) is 5.75 Å². The molecular formula is C14H14OS2. The molecule has 0 aliphatic rings. The van der Waals surface area contributed by atoms with Gasteiger partial charge in [0.1, 0.15) is 5.75 Å². The lowest BCUT2D eigenvalue weighted by Crippen LogP contribution is -1.83. The molecule has 0 radical (unpaired) electrons. The molecule has 0 spiro atoms. The maximum Gasteiger partial charge on any atom is 0.116 e. The summed E-state index contributed by atoms with van der Waals surface area (Å²) in [6.45, 7) is 0. The van der Waals surface area contributed by atoms with Gasteiger partial charge in [-0.3, -0.25) is 0 Å². The van der Waals surface area contributed by atoms with Gasteiger partial charge < -0.3 is 5.11 Å². The van der Waals surface area contributed by atoms with Crippen molar-refractivity contribution in [3.8, 4) is 5.75 Å². The molecule has 1 nitrogen and oxygen atoms in total. The van der Waals surface area contributed by atoms with E-state index in [0.29, 0.717) is 5.75 Å². The highest BCUT2D eigenvalue weighted by Crippen LogP contribution is 2.24. The Hall–Kier alpha value is -1.06. The first-order chi connectivity index (χ1) is 8.34. The zero-order chi connectivity index (χ0) is 11.9. The molecule has 0 saturated carbocycles. The minimum atomic E-state index is 0.339. The largest absolute Gasteiger partial charge is 0.508 e. The number of phenols is 1. The van der Waals surface area contributed by atoms with E-state index in [1.165, 1.54) is 4.90 Å². The summed E-state index contributed by atoms with van der Waals surface area (Å²) >= 11 is 3.63. The first-order valence-corrected chi connectivity index (χ1v) is 7.41. The van der Waals surface area contributed by atoms with Crippen molar-refractivity contribution < 1.29 is 5.11 Å². The van der Waals surface area contributed by atoms with E-state index in [2.05, 4.69) is 24.3 Å². The average molecular weight is 262 g/mol. The first-order valence-electron chi connectivity index (χ1n) is 5.44. The molecule has 0 amide bonds. The van der Waals surface area contributed by atoms with Crippen molar-refractivity contribution in [3.05, 3.63) is 54.6 Å². The number of benzene rings is 2. The van der Waals surface area contributed by atoms with E-state index in [4.69, 9.17) is 0 Å². The highest BCUT2D eigenvalue weighted by atomic mass is 32.2. The predicted molar refractivity (Wildman–Crippen MR) is 76.0 cm³/mol. The second-order valence-electron chi connectivity index (χ2n) is 3.51. The van der Waals surface area contributed by atoms with Gasteiger partial charge in [0, 0.05) is 21.3 Å². The fourth-order valence-electron chi connectivity index (χ4n) is 1.41. The molecule has 2 aromatic rings. The van der Waals surface area contributed by atoms with E-state index in [9.17, 15) is 5.11 Å². The molecule has 2 rings (SSSR count). The Kier molecular flexibility index (Phi) is 4.83. The van der Waals surface area contributed by atoms with Crippen molar-refractivity contribution in [1.29, 1.82) is 0 Å². The Labute approximate surface area is 110 Å². The third kappa shape index (κ3) is 4.36. The highest BCUT2D eigenvalue weighted by molar-refractivity contribution is 8.03. The van der Waals surface area contributed by atoms with Crippen LogP contribution in [0, 0.1) is 0 Å². The number of thioether (sulfide) groups is 2. The monoisotopic (exact) mass is 262 g/mol. The van der Waals surface area contributed by atoms with Gasteiger partial charge in [0.05, 0.1) is 0 Å². The van der Waals surface area contributed by atoms with E-state index in [0.717, 1.165) is 16.4 Å². The molecule has 3 heteroatoms. The van der Waals surface area contributed by atoms with Gasteiger partial charge in [0.2, 0.25) is 0 Å². The zero-order valence-corrected chi connectivity index (χ0v) is 11.0. The Morgan fingerprint density at radius 1 is 0.765 bits per heavy atom. The van der Waals surface area contributed by atoms with Gasteiger partial charge in [-0.2, -0.15) is 0 Å². The fraction of sp³-hybridized carbons (Fsp3) is 0.143. The second kappa shape index (κ2) is 6.62. The van der Waals surface area contributed by atoms with Crippen LogP contribution in [-0.4, -0.2) is 16.6 Å². The lowest BCUT2D eigenvalue weighted by Gasteiger charge is -2.02. The van der Waals surface area contributed by atoms with Crippen molar-refractivity contribution >= 4 is 23.5 Å². The zero-order valence-electron chi connectivity index (χ0n) is 9.37. The molecule has 17 heavy (non-hydrogen) atoms. The van der Waals surface area contributed by atoms with E-state index in [1.807, 2.05) is 30.0 Å². The quantitative estimate of drug-likeness (QED) is 0.641. The van der Waals surface area contributed by atoms with E-state index in [1.54, 1.807) is 23.9 Å². The Balaban J connectivity index is 1.73. The maximum absolute atomic E-state index is 9.33. The number of hydrogen-bond acceptors (Lipinski definition) is 3. The molecule has 0 unspecified atom stereocenters. The van der Waals surface area contributed by atoms with Crippen LogP contribution >= 0.6 is 23.5 Å². The van der Waals surface area contributed by atoms with Gasteiger partial charge in [-0.1, -0.05) is 24.3 Å². The summed E-state index contributed by atoms with van der Waals surface area (Å²) in [6, 6.07) is 17.8. The normalized spacial score (nSPS) is 10.4. The third-order valence-electron chi connectivity index (χ3n) is 2.18. The molecule has 0 bridgehead atoms. The lowest BCUT2D eigenvalue weighted by atomic mass is 10.3. The van der Waals surface area contributed by atoms with Crippen LogP contribution < -0.4 is 0 Å². The van der Waals surface area contributed by atoms with Crippen LogP contribution in [0.1, 0.15) is 0 Å². The summed E-state index contributed by atoms with van der Waals surface area (Å²) in [7, 11) is 0. The summed E-state index contributed by atoms with van der Waals surface area (Å²) in [4.78, 5) is 2.43. The average Bonchev–Trinajstić information content (AvgIpc) is 2.36. The molecule has 0 aliphatic heterocycles. The van der Waals surface area contributed by atoms with Crippen molar-refractivity contribution in [3.63, 3.8) is 0 Å². The van der Waals surface area contributed by atoms with E-state index in [-0.39, 0.29) is 0 Å². The first kappa shape index (κ1) is 12.4. The van der Waals surface area contributed by atoms with E-state index < -0.39 is 0 Å². The topological polar surface area (TPSA) is 20.2 Å². The van der Waals surface area contributed by atoms with Crippen LogP contribution in [0.25, 0.3) is 0 Å². The van der Waals surface area contributed by atoms with Gasteiger partial charge >= 0.3 is 0 Å². The molecule has 88 valence electrons. The Bertz CT molecular complexity index is 457. The highest BCUT2D eigenvalue weighted by Gasteiger charge is 1.96. The summed E-state index contributed by atoms with van der Waals surface area (Å²) < 4.78 is 0. The summed E-state index contributed by atoms with van der Waals surface area (Å²) in [5.41, 5.74) is 0. The number of phenolic OH excluding ortho intramolecular Hbond substituents is 1. The fourth-order valence-corrected chi connectivity index (χ4v) is 3.28. The summed E-state index contributed by atoms with van der Waals surface area (Å²) in [6.07, 6.45) is 0. The molecule has 0 heterocycles. The van der Waals surface area contributed by atoms with Gasteiger partial charge in [-0.25, -0.2) is 0 Å². The summed E-state index contributed by atoms with van der Waals surface area (Å²) in [5.74, 6) is 2.46. The minimum absolute atomic E-state index is 0.339. The second-order valence-corrected chi connectivity index (χ2v) is 5.84. The Morgan fingerprint density at radius 2 is 1.41 bits per heavy atom. The predicted octanol–water partition coefficient (Wildman–Crippen LogP) is 4.28. The molecule has 0 aliphatic carbocycles. The SMILES string of the molecule is Oc1cccc(SCCSc2ccccc2)c1. The molecule has 1 N–H and O–H groups in total. The molecule has 2 aromatic carbocycles. The number of aromatic hydroxyl groups is 1. The van der Waals surface area contributed by atoms with E-state index >= 15 is 0 Å². The van der Waals surface area contributed by atoms with Crippen molar-refractivity contribution in [2.24, 2.45) is 0 Å². The van der Waals surface area contributed by atoms with Gasteiger partial charge in [0.25, 0.3) is 0 Å². The van der Waals surface area contributed by atoms with Crippen LogP contribution in [-0.2, 0) is 0 Å². The smallest absolute Gasteiger partial charge is 0.116 e. The van der Waals surface area contributed by atoms with Gasteiger partial charge in [-0.05, 0) is 30.3 Å². The van der Waals surface area contributed by atoms with Crippen molar-refractivity contribution in [1.82, 2.24) is 0 Å². The van der Waals surface area contributed by atoms with Gasteiger partial charge in [-0.15, -0.1) is 23.5 Å². The minimum Gasteiger partial charge on any atom is -0.508 e. The molecule has 0 fully saturated rings. The molecule has 0 saturated heterocycles. The Morgan fingerprint density at radius 3 is 2.12 bits per heavy atom. The molecule has 0 atom stereocenters. The van der Waals surface area contributed by atoms with Crippen LogP contribution in [0.2, 0.25) is 0 Å². The summed E-state index contributed by atoms with van der Waals surface area (Å²) in [5, 5.41) is 9.33. The lowest BCUT2D eigenvalue weighted by molar-refractivity contribution is 0.474. The van der Waals surface area contributed by atoms with Crippen molar-refractivity contribution in [2.45, 2.75) is 9.79 Å². The molecular weight excluding hydrogens is 248 g/mol. The van der Waals surface area contributed by atoms with Crippen LogP contribution in [0.15, 0.2) is 64.4 Å². The molecule has 0 aromatic heterocycles. The third-order valence-corrected chi connectivity index (χ3v) is 4.45. The standard InChI is InChI=1S/C14H14OS2/c15-12-5-4-8-14(11-12)17-10-9-16-13-6-2-1-3-7-13/h1-8,11,15H,9-10H2. The van der Waals surface area contributed by atoms with Gasteiger partial charge in [0.15, 0.2) is 0 Å². The van der Waals surface area contributed by atoms with Crippen LogP contribution in [0.4, 0.5) is 0 Å². The van der Waals surface area contributed by atoms with Crippen molar-refractivity contribution in [2.75, 3.05) is 11.5 Å². The maximum atomic E-state index is 9.33. The van der Waals surface area contributed by atoms with Crippen LogP contribution in [0.3, 0.4) is 0 Å². The number of rotatable bonds is 5.